The predicted molar refractivity (Wildman–Crippen MR) is 286 cm³/mol. The SMILES string of the molecule is C=C/C=C(\C=C(/C)n1c2c(c3ccccc31)C(c1ccccc1-c1ccc3c4ccccc4c4ccccc4c3c1)=CCC2)c1nc(-c2ccccc2)nc(-c2ccc(-c3ccccc3)cc2)n1. The van der Waals surface area contributed by atoms with Crippen molar-refractivity contribution in [1.29, 1.82) is 0 Å². The summed E-state index contributed by atoms with van der Waals surface area (Å²) in [5.41, 5.74) is 14.7. The molecule has 68 heavy (non-hydrogen) atoms. The predicted octanol–water partition coefficient (Wildman–Crippen LogP) is 16.5. The van der Waals surface area contributed by atoms with E-state index in [1.807, 2.05) is 48.6 Å². The van der Waals surface area contributed by atoms with Gasteiger partial charge in [0.05, 0.1) is 5.52 Å². The summed E-state index contributed by atoms with van der Waals surface area (Å²) in [6.45, 7) is 6.34. The van der Waals surface area contributed by atoms with Crippen molar-refractivity contribution in [1.82, 2.24) is 19.5 Å². The van der Waals surface area contributed by atoms with Gasteiger partial charge >= 0.3 is 0 Å². The van der Waals surface area contributed by atoms with E-state index in [2.05, 4.69) is 194 Å². The van der Waals surface area contributed by atoms with Crippen LogP contribution in [0.2, 0.25) is 0 Å². The van der Waals surface area contributed by atoms with Crippen molar-refractivity contribution in [3.63, 3.8) is 0 Å². The third-order valence-electron chi connectivity index (χ3n) is 13.4. The summed E-state index contributed by atoms with van der Waals surface area (Å²) >= 11 is 0. The fourth-order valence-electron chi connectivity index (χ4n) is 10.4. The van der Waals surface area contributed by atoms with Gasteiger partial charge in [-0.05, 0) is 104 Å². The summed E-state index contributed by atoms with van der Waals surface area (Å²) in [5.74, 6) is 1.81. The molecule has 0 atom stereocenters. The molecule has 0 fully saturated rings. The van der Waals surface area contributed by atoms with Crippen LogP contribution in [-0.4, -0.2) is 19.5 Å². The molecular formula is C64H46N4. The first kappa shape index (κ1) is 40.8. The minimum absolute atomic E-state index is 0.580. The maximum Gasteiger partial charge on any atom is 0.164 e. The fraction of sp³-hybridized carbons (Fsp3) is 0.0469. The minimum Gasteiger partial charge on any atom is -0.317 e. The Labute approximate surface area is 396 Å². The third kappa shape index (κ3) is 7.15. The lowest BCUT2D eigenvalue weighted by Gasteiger charge is -2.21. The second-order valence-electron chi connectivity index (χ2n) is 17.5. The second kappa shape index (κ2) is 17.2. The van der Waals surface area contributed by atoms with Gasteiger partial charge in [0.2, 0.25) is 0 Å². The summed E-state index contributed by atoms with van der Waals surface area (Å²) in [5, 5.41) is 8.90. The Morgan fingerprint density at radius 3 is 1.65 bits per heavy atom. The van der Waals surface area contributed by atoms with Crippen LogP contribution in [0.3, 0.4) is 0 Å². The molecule has 0 amide bonds. The molecule has 1 aliphatic carbocycles. The highest BCUT2D eigenvalue weighted by Gasteiger charge is 2.26. The van der Waals surface area contributed by atoms with Crippen LogP contribution in [0, 0.1) is 0 Å². The molecule has 0 saturated heterocycles. The number of benzene rings is 9. The normalized spacial score (nSPS) is 13.0. The molecule has 11 aromatic rings. The molecule has 9 aromatic carbocycles. The first-order valence-electron chi connectivity index (χ1n) is 23.4. The average molecular weight is 871 g/mol. The number of aromatic nitrogens is 4. The van der Waals surface area contributed by atoms with Gasteiger partial charge in [-0.15, -0.1) is 0 Å². The van der Waals surface area contributed by atoms with E-state index in [-0.39, 0.29) is 0 Å². The van der Waals surface area contributed by atoms with Crippen molar-refractivity contribution in [2.75, 3.05) is 0 Å². The quantitative estimate of drug-likeness (QED) is 0.107. The van der Waals surface area contributed by atoms with Gasteiger partial charge < -0.3 is 4.57 Å². The molecule has 322 valence electrons. The Morgan fingerprint density at radius 2 is 0.985 bits per heavy atom. The van der Waals surface area contributed by atoms with E-state index in [1.54, 1.807) is 0 Å². The largest absolute Gasteiger partial charge is 0.317 e. The number of fused-ring (bicyclic) bond motifs is 9. The number of hydrogen-bond donors (Lipinski definition) is 0. The van der Waals surface area contributed by atoms with Gasteiger partial charge in [-0.2, -0.15) is 0 Å². The Kier molecular flexibility index (Phi) is 10.3. The van der Waals surface area contributed by atoms with Gasteiger partial charge in [0.1, 0.15) is 0 Å². The van der Waals surface area contributed by atoms with Gasteiger partial charge in [0.25, 0.3) is 0 Å². The van der Waals surface area contributed by atoms with Crippen molar-refractivity contribution in [3.8, 4) is 45.0 Å². The molecule has 0 N–H and O–H groups in total. The topological polar surface area (TPSA) is 43.6 Å². The highest BCUT2D eigenvalue weighted by atomic mass is 15.0. The average Bonchev–Trinajstić information content (AvgIpc) is 3.76. The molecule has 4 heteroatoms. The number of hydrogen-bond acceptors (Lipinski definition) is 3. The Bertz CT molecular complexity index is 3820. The summed E-state index contributed by atoms with van der Waals surface area (Å²) < 4.78 is 2.45. The summed E-state index contributed by atoms with van der Waals surface area (Å²) in [4.78, 5) is 15.4. The monoisotopic (exact) mass is 870 g/mol. The first-order chi connectivity index (χ1) is 33.6. The standard InChI is InChI=1S/C64H46N4/c1-3-19-48(64-66-62(45-22-8-5-9-23-45)65-63(67-64)46-36-34-44(35-37-46)43-20-6-4-7-21-43)40-42(2)68-59-32-17-16-30-57(59)61-56(31-18-33-60(61)68)50-25-11-10-24-49(50)47-38-39-55-53-28-13-12-26-51(53)52-27-14-15-29-54(52)58(55)41-47/h3-17,19-32,34-41H,1,18,33H2,2H3/b42-40+,48-19+. The zero-order chi connectivity index (χ0) is 45.6. The molecule has 0 radical (unpaired) electrons. The van der Waals surface area contributed by atoms with Gasteiger partial charge in [-0.3, -0.25) is 0 Å². The van der Waals surface area contributed by atoms with E-state index in [9.17, 15) is 0 Å². The molecule has 2 heterocycles. The van der Waals surface area contributed by atoms with Crippen LogP contribution in [0.25, 0.3) is 105 Å². The van der Waals surface area contributed by atoms with E-state index in [0.29, 0.717) is 17.5 Å². The van der Waals surface area contributed by atoms with Crippen molar-refractivity contribution in [3.05, 3.63) is 254 Å². The molecule has 0 bridgehead atoms. The maximum absolute atomic E-state index is 5.17. The molecule has 12 rings (SSSR count). The van der Waals surface area contributed by atoms with Gasteiger partial charge in [0, 0.05) is 39.0 Å². The Morgan fingerprint density at radius 1 is 0.485 bits per heavy atom. The molecule has 0 aliphatic heterocycles. The lowest BCUT2D eigenvalue weighted by atomic mass is 9.84. The Balaban J connectivity index is 0.970. The Hall–Kier alpha value is -8.73. The van der Waals surface area contributed by atoms with Gasteiger partial charge in [-0.25, -0.2) is 15.0 Å². The molecular weight excluding hydrogens is 825 g/mol. The number of rotatable bonds is 9. The maximum atomic E-state index is 5.17. The van der Waals surface area contributed by atoms with Crippen molar-refractivity contribution < 1.29 is 0 Å². The molecule has 0 saturated carbocycles. The van der Waals surface area contributed by atoms with Crippen molar-refractivity contribution in [2.45, 2.75) is 19.8 Å². The zero-order valence-corrected chi connectivity index (χ0v) is 37.8. The van der Waals surface area contributed by atoms with E-state index in [0.717, 1.165) is 46.4 Å². The molecule has 1 aliphatic rings. The second-order valence-corrected chi connectivity index (χ2v) is 17.5. The zero-order valence-electron chi connectivity index (χ0n) is 37.8. The van der Waals surface area contributed by atoms with E-state index in [4.69, 9.17) is 15.0 Å². The van der Waals surface area contributed by atoms with Crippen LogP contribution in [0.4, 0.5) is 0 Å². The summed E-state index contributed by atoms with van der Waals surface area (Å²) in [6, 6.07) is 71.4. The highest BCUT2D eigenvalue weighted by Crippen LogP contribution is 2.45. The van der Waals surface area contributed by atoms with Crippen molar-refractivity contribution >= 4 is 60.1 Å². The van der Waals surface area contributed by atoms with E-state index >= 15 is 0 Å². The van der Waals surface area contributed by atoms with Crippen LogP contribution in [-0.2, 0) is 6.42 Å². The number of para-hydroxylation sites is 1. The van der Waals surface area contributed by atoms with Crippen LogP contribution >= 0.6 is 0 Å². The number of nitrogens with zero attached hydrogens (tertiary/aromatic N) is 4. The highest BCUT2D eigenvalue weighted by molar-refractivity contribution is 6.25. The lowest BCUT2D eigenvalue weighted by Crippen LogP contribution is -2.07. The van der Waals surface area contributed by atoms with Crippen LogP contribution in [0.1, 0.15) is 36.0 Å². The first-order valence-corrected chi connectivity index (χ1v) is 23.4. The molecule has 2 aromatic heterocycles. The summed E-state index contributed by atoms with van der Waals surface area (Å²) in [7, 11) is 0. The number of allylic oxidation sites excluding steroid dienone is 6. The molecule has 4 nitrogen and oxygen atoms in total. The van der Waals surface area contributed by atoms with E-state index < -0.39 is 0 Å². The summed E-state index contributed by atoms with van der Waals surface area (Å²) in [6.07, 6.45) is 10.3. The van der Waals surface area contributed by atoms with Gasteiger partial charge in [0.15, 0.2) is 17.5 Å². The minimum atomic E-state index is 0.580. The molecule has 0 unspecified atom stereocenters. The third-order valence-corrected chi connectivity index (χ3v) is 13.4. The van der Waals surface area contributed by atoms with Crippen LogP contribution in [0.5, 0.6) is 0 Å². The fourth-order valence-corrected chi connectivity index (χ4v) is 10.4. The van der Waals surface area contributed by atoms with Crippen LogP contribution in [0.15, 0.2) is 231 Å². The lowest BCUT2D eigenvalue weighted by molar-refractivity contribution is 0.890. The van der Waals surface area contributed by atoms with Crippen molar-refractivity contribution in [2.24, 2.45) is 0 Å². The van der Waals surface area contributed by atoms with Gasteiger partial charge in [-0.1, -0.05) is 213 Å². The molecule has 0 spiro atoms. The smallest absolute Gasteiger partial charge is 0.164 e. The van der Waals surface area contributed by atoms with Crippen LogP contribution < -0.4 is 0 Å². The van der Waals surface area contributed by atoms with E-state index in [1.165, 1.54) is 76.7 Å².